The predicted octanol–water partition coefficient (Wildman–Crippen LogP) is 4.25. The Bertz CT molecular complexity index is 365. The first kappa shape index (κ1) is 12.8. The lowest BCUT2D eigenvalue weighted by molar-refractivity contribution is 0.270. The first-order valence-corrected chi connectivity index (χ1v) is 7.10. The summed E-state index contributed by atoms with van der Waals surface area (Å²) in [6.45, 7) is 6.01. The van der Waals surface area contributed by atoms with Gasteiger partial charge in [0.1, 0.15) is 0 Å². The van der Waals surface area contributed by atoms with Gasteiger partial charge in [-0.05, 0) is 49.8 Å². The minimum Gasteiger partial charge on any atom is -0.311 e. The summed E-state index contributed by atoms with van der Waals surface area (Å²) < 4.78 is 1.16. The largest absolute Gasteiger partial charge is 0.311 e. The van der Waals surface area contributed by atoms with Crippen molar-refractivity contribution in [3.05, 3.63) is 47.0 Å². The summed E-state index contributed by atoms with van der Waals surface area (Å²) in [4.78, 5) is 0. The number of hydrogen-bond donors (Lipinski definition) is 1. The molecule has 1 unspecified atom stereocenters. The first-order valence-electron chi connectivity index (χ1n) is 6.31. The van der Waals surface area contributed by atoms with Crippen molar-refractivity contribution in [2.24, 2.45) is 0 Å². The van der Waals surface area contributed by atoms with E-state index < -0.39 is 0 Å². The monoisotopic (exact) mass is 293 g/mol. The molecular weight excluding hydrogens is 274 g/mol. The molecule has 2 rings (SSSR count). The molecule has 0 aliphatic heterocycles. The van der Waals surface area contributed by atoms with Crippen molar-refractivity contribution in [1.82, 2.24) is 5.32 Å². The Balaban J connectivity index is 1.78. The lowest BCUT2D eigenvalue weighted by Gasteiger charge is -2.38. The zero-order chi connectivity index (χ0) is 12.3. The zero-order valence-corrected chi connectivity index (χ0v) is 11.9. The average Bonchev–Trinajstić information content (AvgIpc) is 2.25. The third-order valence-corrected chi connectivity index (χ3v) is 4.05. The van der Waals surface area contributed by atoms with Crippen LogP contribution in [0.5, 0.6) is 0 Å². The van der Waals surface area contributed by atoms with Crippen molar-refractivity contribution in [1.29, 1.82) is 0 Å². The van der Waals surface area contributed by atoms with Gasteiger partial charge in [0.15, 0.2) is 0 Å². The molecule has 0 bridgehead atoms. The molecule has 1 nitrogen and oxygen atoms in total. The van der Waals surface area contributed by atoms with Crippen LogP contribution in [0.4, 0.5) is 0 Å². The van der Waals surface area contributed by atoms with Crippen LogP contribution < -0.4 is 5.32 Å². The fourth-order valence-electron chi connectivity index (χ4n) is 2.48. The Morgan fingerprint density at radius 1 is 1.41 bits per heavy atom. The lowest BCUT2D eigenvalue weighted by atomic mass is 9.75. The minimum atomic E-state index is 0.559. The smallest absolute Gasteiger partial charge is 0.0175 e. The van der Waals surface area contributed by atoms with E-state index >= 15 is 0 Å². The second-order valence-corrected chi connectivity index (χ2v) is 5.92. The van der Waals surface area contributed by atoms with E-state index in [2.05, 4.69) is 59.0 Å². The topological polar surface area (TPSA) is 12.0 Å². The van der Waals surface area contributed by atoms with Gasteiger partial charge in [0.05, 0.1) is 0 Å². The highest BCUT2D eigenvalue weighted by Crippen LogP contribution is 2.37. The number of hydrogen-bond acceptors (Lipinski definition) is 1. The van der Waals surface area contributed by atoms with E-state index in [4.69, 9.17) is 0 Å². The fourth-order valence-corrected chi connectivity index (χ4v) is 2.75. The Hall–Kier alpha value is -0.600. The summed E-state index contributed by atoms with van der Waals surface area (Å²) in [6, 6.07) is 9.99. The second kappa shape index (κ2) is 5.83. The van der Waals surface area contributed by atoms with E-state index in [1.54, 1.807) is 0 Å². The number of benzene rings is 1. The Kier molecular flexibility index (Phi) is 4.41. The number of rotatable bonds is 5. The summed E-state index contributed by atoms with van der Waals surface area (Å²) >= 11 is 3.47. The molecule has 1 N–H and O–H groups in total. The molecule has 0 aromatic heterocycles. The zero-order valence-electron chi connectivity index (χ0n) is 10.3. The van der Waals surface area contributed by atoms with E-state index in [1.807, 2.05) is 6.08 Å². The van der Waals surface area contributed by atoms with Gasteiger partial charge in [-0.2, -0.15) is 0 Å². The predicted molar refractivity (Wildman–Crippen MR) is 77.3 cm³/mol. The van der Waals surface area contributed by atoms with Gasteiger partial charge in [-0.25, -0.2) is 0 Å². The van der Waals surface area contributed by atoms with Crippen LogP contribution in [-0.4, -0.2) is 12.1 Å². The molecule has 1 fully saturated rings. The molecule has 0 heterocycles. The molecule has 1 aromatic rings. The van der Waals surface area contributed by atoms with Crippen molar-refractivity contribution in [3.8, 4) is 0 Å². The van der Waals surface area contributed by atoms with Crippen molar-refractivity contribution < 1.29 is 0 Å². The van der Waals surface area contributed by atoms with Gasteiger partial charge in [-0.3, -0.25) is 0 Å². The molecule has 0 radical (unpaired) electrons. The van der Waals surface area contributed by atoms with E-state index in [9.17, 15) is 0 Å². The van der Waals surface area contributed by atoms with Gasteiger partial charge in [0, 0.05) is 16.6 Å². The van der Waals surface area contributed by atoms with Gasteiger partial charge in [0.2, 0.25) is 0 Å². The number of halogens is 1. The SMILES string of the molecule is C=CCC(C)NC1CC(c2ccc(Br)cc2)C1. The van der Waals surface area contributed by atoms with Gasteiger partial charge in [-0.15, -0.1) is 6.58 Å². The van der Waals surface area contributed by atoms with Crippen LogP contribution >= 0.6 is 15.9 Å². The van der Waals surface area contributed by atoms with Crippen molar-refractivity contribution >= 4 is 15.9 Å². The molecule has 1 atom stereocenters. The highest BCUT2D eigenvalue weighted by molar-refractivity contribution is 9.10. The highest BCUT2D eigenvalue weighted by atomic mass is 79.9. The van der Waals surface area contributed by atoms with Crippen molar-refractivity contribution in [3.63, 3.8) is 0 Å². The van der Waals surface area contributed by atoms with Crippen LogP contribution in [0.1, 0.15) is 37.7 Å². The van der Waals surface area contributed by atoms with Crippen LogP contribution in [0.3, 0.4) is 0 Å². The maximum Gasteiger partial charge on any atom is 0.0175 e. The minimum absolute atomic E-state index is 0.559. The highest BCUT2D eigenvalue weighted by Gasteiger charge is 2.30. The summed E-state index contributed by atoms with van der Waals surface area (Å²) in [6.07, 6.45) is 5.58. The third kappa shape index (κ3) is 3.43. The van der Waals surface area contributed by atoms with Crippen LogP contribution in [0, 0.1) is 0 Å². The van der Waals surface area contributed by atoms with Gasteiger partial charge in [0.25, 0.3) is 0 Å². The van der Waals surface area contributed by atoms with E-state index in [-0.39, 0.29) is 0 Å². The van der Waals surface area contributed by atoms with Gasteiger partial charge >= 0.3 is 0 Å². The summed E-state index contributed by atoms with van der Waals surface area (Å²) in [5, 5.41) is 3.65. The Morgan fingerprint density at radius 2 is 2.06 bits per heavy atom. The normalized spacial score (nSPS) is 25.1. The maximum atomic E-state index is 3.78. The van der Waals surface area contributed by atoms with E-state index in [1.165, 1.54) is 18.4 Å². The van der Waals surface area contributed by atoms with Crippen LogP contribution in [0.25, 0.3) is 0 Å². The van der Waals surface area contributed by atoms with Crippen molar-refractivity contribution in [2.75, 3.05) is 0 Å². The van der Waals surface area contributed by atoms with Crippen LogP contribution in [-0.2, 0) is 0 Å². The maximum absolute atomic E-state index is 3.78. The molecule has 0 amide bonds. The quantitative estimate of drug-likeness (QED) is 0.801. The third-order valence-electron chi connectivity index (χ3n) is 3.52. The van der Waals surface area contributed by atoms with E-state index in [0.717, 1.165) is 16.8 Å². The van der Waals surface area contributed by atoms with E-state index in [0.29, 0.717) is 12.1 Å². The fraction of sp³-hybridized carbons (Fsp3) is 0.467. The number of nitrogens with one attached hydrogen (secondary N) is 1. The first-order chi connectivity index (χ1) is 8.19. The average molecular weight is 294 g/mol. The van der Waals surface area contributed by atoms with Crippen LogP contribution in [0.2, 0.25) is 0 Å². The summed E-state index contributed by atoms with van der Waals surface area (Å²) in [5.41, 5.74) is 1.47. The van der Waals surface area contributed by atoms with Gasteiger partial charge < -0.3 is 5.32 Å². The molecule has 0 spiro atoms. The molecule has 1 aromatic carbocycles. The molecule has 1 aliphatic rings. The molecule has 1 saturated carbocycles. The second-order valence-electron chi connectivity index (χ2n) is 5.01. The molecule has 92 valence electrons. The van der Waals surface area contributed by atoms with Gasteiger partial charge in [-0.1, -0.05) is 34.1 Å². The molecule has 0 saturated heterocycles. The summed E-state index contributed by atoms with van der Waals surface area (Å²) in [7, 11) is 0. The standard InChI is InChI=1S/C15H20BrN/c1-3-4-11(2)17-15-9-13(10-15)12-5-7-14(16)8-6-12/h3,5-8,11,13,15,17H,1,4,9-10H2,2H3. The molecule has 2 heteroatoms. The Morgan fingerprint density at radius 3 is 2.65 bits per heavy atom. The van der Waals surface area contributed by atoms with Crippen LogP contribution in [0.15, 0.2) is 41.4 Å². The summed E-state index contributed by atoms with van der Waals surface area (Å²) in [5.74, 6) is 0.747. The molecular formula is C15H20BrN. The lowest BCUT2D eigenvalue weighted by Crippen LogP contribution is -2.44. The molecule has 17 heavy (non-hydrogen) atoms. The molecule has 1 aliphatic carbocycles. The van der Waals surface area contributed by atoms with Crippen molar-refractivity contribution in [2.45, 2.75) is 44.2 Å². The Labute approximate surface area is 112 Å².